The minimum absolute atomic E-state index is 0.0249. The van der Waals surface area contributed by atoms with Gasteiger partial charge in [-0.05, 0) is 73.9 Å². The molecule has 0 bridgehead atoms. The number of piperidine rings is 1. The summed E-state index contributed by atoms with van der Waals surface area (Å²) in [4.78, 5) is 14.5. The van der Waals surface area contributed by atoms with E-state index in [0.29, 0.717) is 29.4 Å². The quantitative estimate of drug-likeness (QED) is 0.498. The van der Waals surface area contributed by atoms with Crippen molar-refractivity contribution in [2.24, 2.45) is 11.8 Å². The van der Waals surface area contributed by atoms with Crippen molar-refractivity contribution in [2.75, 3.05) is 47.8 Å². The van der Waals surface area contributed by atoms with Crippen LogP contribution in [0.3, 0.4) is 0 Å². The molecule has 1 aliphatic carbocycles. The van der Waals surface area contributed by atoms with Crippen LogP contribution in [-0.4, -0.2) is 47.8 Å². The van der Waals surface area contributed by atoms with Crippen LogP contribution in [0.15, 0.2) is 30.3 Å². The highest BCUT2D eigenvalue weighted by Crippen LogP contribution is 2.40. The number of nitrogens with zero attached hydrogens (tertiary/aromatic N) is 4. The first kappa shape index (κ1) is 25.2. The number of aromatic nitrogens is 2. The number of nitrogens with one attached hydrogen (secondary N) is 2. The molecule has 2 N–H and O–H groups in total. The lowest BCUT2D eigenvalue weighted by molar-refractivity contribution is 0.355. The van der Waals surface area contributed by atoms with E-state index in [9.17, 15) is 4.39 Å². The minimum Gasteiger partial charge on any atom is -0.361 e. The molecular formula is C28H39FN6S. The molecule has 194 valence electrons. The SMILES string of the molecule is CC1CC(C)CN(c2cc(N3CCCC3)nc(NC(=S)NCC3(c4ccc(F)cc4)CCCC3)n2)C1. The average Bonchev–Trinajstić information content (AvgIpc) is 3.56. The van der Waals surface area contributed by atoms with Crippen molar-refractivity contribution in [2.45, 2.75) is 64.2 Å². The molecule has 3 heterocycles. The fraction of sp³-hybridized carbons (Fsp3) is 0.607. The molecule has 3 aliphatic rings. The summed E-state index contributed by atoms with van der Waals surface area (Å²) < 4.78 is 13.5. The first-order valence-electron chi connectivity index (χ1n) is 13.6. The number of hydrogen-bond acceptors (Lipinski definition) is 5. The van der Waals surface area contributed by atoms with Crippen LogP contribution in [-0.2, 0) is 5.41 Å². The van der Waals surface area contributed by atoms with Crippen LogP contribution in [0.1, 0.15) is 64.4 Å². The lowest BCUT2D eigenvalue weighted by Gasteiger charge is -2.36. The molecule has 2 aliphatic heterocycles. The molecule has 2 atom stereocenters. The largest absolute Gasteiger partial charge is 0.361 e. The summed E-state index contributed by atoms with van der Waals surface area (Å²) in [6, 6.07) is 9.13. The van der Waals surface area contributed by atoms with Crippen LogP contribution in [0.2, 0.25) is 0 Å². The fourth-order valence-corrected chi connectivity index (χ4v) is 6.58. The normalized spacial score (nSPS) is 23.6. The van der Waals surface area contributed by atoms with Crippen LogP contribution in [0, 0.1) is 17.7 Å². The van der Waals surface area contributed by atoms with Crippen molar-refractivity contribution in [3.8, 4) is 0 Å². The van der Waals surface area contributed by atoms with Gasteiger partial charge in [-0.3, -0.25) is 0 Å². The molecule has 0 amide bonds. The van der Waals surface area contributed by atoms with Crippen LogP contribution >= 0.6 is 12.2 Å². The summed E-state index contributed by atoms with van der Waals surface area (Å²) in [6.07, 6.45) is 8.16. The highest BCUT2D eigenvalue weighted by Gasteiger charge is 2.35. The predicted octanol–water partition coefficient (Wildman–Crippen LogP) is 5.50. The monoisotopic (exact) mass is 510 g/mol. The van der Waals surface area contributed by atoms with Gasteiger partial charge in [0.05, 0.1) is 0 Å². The lowest BCUT2D eigenvalue weighted by atomic mass is 9.79. The number of thiocarbonyl (C=S) groups is 1. The summed E-state index contributed by atoms with van der Waals surface area (Å²) in [5.74, 6) is 3.61. The van der Waals surface area contributed by atoms with Gasteiger partial charge in [-0.25, -0.2) is 4.39 Å². The van der Waals surface area contributed by atoms with E-state index < -0.39 is 0 Å². The third-order valence-corrected chi connectivity index (χ3v) is 8.40. The Hall–Kier alpha value is -2.48. The van der Waals surface area contributed by atoms with Crippen molar-refractivity contribution in [3.63, 3.8) is 0 Å². The maximum Gasteiger partial charge on any atom is 0.232 e. The van der Waals surface area contributed by atoms with E-state index in [1.165, 1.54) is 37.7 Å². The van der Waals surface area contributed by atoms with Gasteiger partial charge < -0.3 is 20.4 Å². The lowest BCUT2D eigenvalue weighted by Crippen LogP contribution is -2.41. The second kappa shape index (κ2) is 10.9. The molecule has 2 saturated heterocycles. The number of rotatable bonds is 6. The van der Waals surface area contributed by atoms with E-state index in [4.69, 9.17) is 22.2 Å². The smallest absolute Gasteiger partial charge is 0.232 e. The first-order chi connectivity index (χ1) is 17.4. The van der Waals surface area contributed by atoms with Gasteiger partial charge in [0.25, 0.3) is 0 Å². The molecule has 5 rings (SSSR count). The predicted molar refractivity (Wildman–Crippen MR) is 149 cm³/mol. The van der Waals surface area contributed by atoms with Crippen LogP contribution in [0.5, 0.6) is 0 Å². The third kappa shape index (κ3) is 5.74. The molecule has 3 fully saturated rings. The Kier molecular flexibility index (Phi) is 7.60. The third-order valence-electron chi connectivity index (χ3n) is 8.15. The Morgan fingerprint density at radius 1 is 0.972 bits per heavy atom. The molecule has 8 heteroatoms. The molecular weight excluding hydrogens is 471 g/mol. The molecule has 0 spiro atoms. The Bertz CT molecular complexity index is 1040. The summed E-state index contributed by atoms with van der Waals surface area (Å²) in [5, 5.41) is 7.28. The van der Waals surface area contributed by atoms with Crippen molar-refractivity contribution < 1.29 is 4.39 Å². The highest BCUT2D eigenvalue weighted by atomic mass is 32.1. The number of hydrogen-bond donors (Lipinski definition) is 2. The summed E-state index contributed by atoms with van der Waals surface area (Å²) in [6.45, 7) is 9.46. The van der Waals surface area contributed by atoms with E-state index in [-0.39, 0.29) is 11.2 Å². The van der Waals surface area contributed by atoms with E-state index in [1.54, 1.807) is 12.1 Å². The van der Waals surface area contributed by atoms with Gasteiger partial charge in [0, 0.05) is 44.2 Å². The zero-order valence-electron chi connectivity index (χ0n) is 21.6. The summed E-state index contributed by atoms with van der Waals surface area (Å²) >= 11 is 5.72. The maximum atomic E-state index is 13.5. The van der Waals surface area contributed by atoms with E-state index in [1.807, 2.05) is 12.1 Å². The number of anilines is 3. The Labute approximate surface area is 220 Å². The van der Waals surface area contributed by atoms with Crippen LogP contribution in [0.4, 0.5) is 22.0 Å². The Morgan fingerprint density at radius 2 is 1.58 bits per heavy atom. The zero-order chi connectivity index (χ0) is 25.1. The van der Waals surface area contributed by atoms with Crippen molar-refractivity contribution in [1.29, 1.82) is 0 Å². The number of benzene rings is 1. The van der Waals surface area contributed by atoms with Crippen LogP contribution in [0.25, 0.3) is 0 Å². The van der Waals surface area contributed by atoms with Crippen molar-refractivity contribution >= 4 is 34.9 Å². The second-order valence-corrected chi connectivity index (χ2v) is 11.7. The first-order valence-corrected chi connectivity index (χ1v) is 14.0. The molecule has 2 aromatic rings. The van der Waals surface area contributed by atoms with Gasteiger partial charge in [-0.15, -0.1) is 0 Å². The standard InChI is InChI=1S/C28H39FN6S/c1-20-15-21(2)18-35(17-20)25-16-24(34-13-5-6-14-34)31-26(32-25)33-27(36)30-19-28(11-3-4-12-28)22-7-9-23(29)10-8-22/h7-10,16,20-21H,3-6,11-15,17-19H2,1-2H3,(H2,30,31,32,33,36). The second-order valence-electron chi connectivity index (χ2n) is 11.3. The fourth-order valence-electron chi connectivity index (χ4n) is 6.42. The topological polar surface area (TPSA) is 56.3 Å². The van der Waals surface area contributed by atoms with Crippen molar-refractivity contribution in [3.05, 3.63) is 41.7 Å². The Morgan fingerprint density at radius 3 is 2.22 bits per heavy atom. The molecule has 6 nitrogen and oxygen atoms in total. The van der Waals surface area contributed by atoms with Gasteiger partial charge in [0.2, 0.25) is 5.95 Å². The van der Waals surface area contributed by atoms with Gasteiger partial charge in [0.1, 0.15) is 17.5 Å². The maximum absolute atomic E-state index is 13.5. The summed E-state index contributed by atoms with van der Waals surface area (Å²) in [7, 11) is 0. The van der Waals surface area contributed by atoms with E-state index in [2.05, 4.69) is 40.3 Å². The van der Waals surface area contributed by atoms with Gasteiger partial charge in [0.15, 0.2) is 5.11 Å². The number of halogens is 1. The molecule has 0 radical (unpaired) electrons. The Balaban J connectivity index is 1.32. The molecule has 1 saturated carbocycles. The molecule has 1 aromatic heterocycles. The average molecular weight is 511 g/mol. The van der Waals surface area contributed by atoms with Gasteiger partial charge in [-0.1, -0.05) is 38.8 Å². The van der Waals surface area contributed by atoms with E-state index in [0.717, 1.165) is 50.7 Å². The van der Waals surface area contributed by atoms with E-state index >= 15 is 0 Å². The van der Waals surface area contributed by atoms with Crippen LogP contribution < -0.4 is 20.4 Å². The molecule has 2 unspecified atom stereocenters. The molecule has 36 heavy (non-hydrogen) atoms. The van der Waals surface area contributed by atoms with Crippen molar-refractivity contribution in [1.82, 2.24) is 15.3 Å². The van der Waals surface area contributed by atoms with Gasteiger partial charge in [-0.2, -0.15) is 9.97 Å². The molecule has 1 aromatic carbocycles. The summed E-state index contributed by atoms with van der Waals surface area (Å²) in [5.41, 5.74) is 1.16. The van der Waals surface area contributed by atoms with Gasteiger partial charge >= 0.3 is 0 Å². The zero-order valence-corrected chi connectivity index (χ0v) is 22.4. The highest BCUT2D eigenvalue weighted by molar-refractivity contribution is 7.80. The minimum atomic E-state index is -0.194.